The maximum atomic E-state index is 11.8. The van der Waals surface area contributed by atoms with Crippen LogP contribution >= 0.6 is 27.5 Å². The lowest BCUT2D eigenvalue weighted by Gasteiger charge is -2.06. The van der Waals surface area contributed by atoms with E-state index in [-0.39, 0.29) is 12.5 Å². The minimum atomic E-state index is -0.377. The highest BCUT2D eigenvalue weighted by Gasteiger charge is 2.06. The number of amides is 1. The SMILES string of the molecule is Cc1ccc2cc(/C=N\NC(=O)COc3ccccc3Br)c(Cl)nc2c1. The molecule has 0 unspecified atom stereocenters. The van der Waals surface area contributed by atoms with Gasteiger partial charge in [-0.15, -0.1) is 0 Å². The van der Waals surface area contributed by atoms with Crippen LogP contribution in [-0.4, -0.2) is 23.7 Å². The van der Waals surface area contributed by atoms with Crippen molar-refractivity contribution in [3.05, 3.63) is 69.3 Å². The molecule has 0 saturated heterocycles. The fraction of sp³-hybridized carbons (Fsp3) is 0.105. The van der Waals surface area contributed by atoms with Crippen molar-refractivity contribution in [3.63, 3.8) is 0 Å². The van der Waals surface area contributed by atoms with E-state index in [9.17, 15) is 4.79 Å². The molecule has 1 heterocycles. The molecule has 132 valence electrons. The van der Waals surface area contributed by atoms with Crippen molar-refractivity contribution in [2.75, 3.05) is 6.61 Å². The third-order valence-corrected chi connectivity index (χ3v) is 4.50. The van der Waals surface area contributed by atoms with E-state index in [0.717, 1.165) is 20.9 Å². The van der Waals surface area contributed by atoms with Crippen molar-refractivity contribution in [3.8, 4) is 5.75 Å². The van der Waals surface area contributed by atoms with Crippen LogP contribution in [-0.2, 0) is 4.79 Å². The van der Waals surface area contributed by atoms with Gasteiger partial charge >= 0.3 is 0 Å². The Balaban J connectivity index is 1.62. The van der Waals surface area contributed by atoms with E-state index >= 15 is 0 Å². The van der Waals surface area contributed by atoms with Crippen molar-refractivity contribution >= 4 is 50.6 Å². The van der Waals surface area contributed by atoms with Crippen LogP contribution in [0.1, 0.15) is 11.1 Å². The highest BCUT2D eigenvalue weighted by Crippen LogP contribution is 2.23. The summed E-state index contributed by atoms with van der Waals surface area (Å²) in [5.41, 5.74) is 4.96. The fourth-order valence-corrected chi connectivity index (χ4v) is 2.87. The Morgan fingerprint density at radius 3 is 2.92 bits per heavy atom. The Morgan fingerprint density at radius 1 is 1.31 bits per heavy atom. The molecule has 0 aliphatic rings. The number of nitrogens with one attached hydrogen (secondary N) is 1. The molecule has 7 heteroatoms. The van der Waals surface area contributed by atoms with E-state index in [1.54, 1.807) is 6.07 Å². The van der Waals surface area contributed by atoms with E-state index in [1.807, 2.05) is 49.4 Å². The van der Waals surface area contributed by atoms with Crippen molar-refractivity contribution < 1.29 is 9.53 Å². The number of rotatable bonds is 5. The number of aromatic nitrogens is 1. The normalized spacial score (nSPS) is 11.0. The molecule has 0 aliphatic carbocycles. The smallest absolute Gasteiger partial charge is 0.277 e. The number of aryl methyl sites for hydroxylation is 1. The molecule has 0 fully saturated rings. The quantitative estimate of drug-likeness (QED) is 0.367. The summed E-state index contributed by atoms with van der Waals surface area (Å²) in [5, 5.41) is 5.19. The molecule has 1 N–H and O–H groups in total. The number of carbonyl (C=O) groups is 1. The Bertz CT molecular complexity index is 992. The van der Waals surface area contributed by atoms with Gasteiger partial charge in [0.25, 0.3) is 5.91 Å². The van der Waals surface area contributed by atoms with E-state index < -0.39 is 0 Å². The van der Waals surface area contributed by atoms with E-state index in [0.29, 0.717) is 16.5 Å². The van der Waals surface area contributed by atoms with E-state index in [2.05, 4.69) is 31.4 Å². The van der Waals surface area contributed by atoms with Gasteiger partial charge in [-0.05, 0) is 52.7 Å². The Labute approximate surface area is 164 Å². The molecule has 0 saturated carbocycles. The lowest BCUT2D eigenvalue weighted by Crippen LogP contribution is -2.24. The van der Waals surface area contributed by atoms with Crippen LogP contribution < -0.4 is 10.2 Å². The minimum absolute atomic E-state index is 0.150. The van der Waals surface area contributed by atoms with Crippen molar-refractivity contribution in [2.24, 2.45) is 5.10 Å². The number of pyridine rings is 1. The van der Waals surface area contributed by atoms with Gasteiger partial charge in [0.2, 0.25) is 0 Å². The summed E-state index contributed by atoms with van der Waals surface area (Å²) in [6.07, 6.45) is 1.46. The highest BCUT2D eigenvalue weighted by molar-refractivity contribution is 9.10. The number of fused-ring (bicyclic) bond motifs is 1. The number of hydrazone groups is 1. The maximum absolute atomic E-state index is 11.8. The molecule has 0 bridgehead atoms. The van der Waals surface area contributed by atoms with Gasteiger partial charge in [-0.1, -0.05) is 35.9 Å². The van der Waals surface area contributed by atoms with Crippen LogP contribution in [0.2, 0.25) is 5.15 Å². The topological polar surface area (TPSA) is 63.6 Å². The molecule has 3 rings (SSSR count). The molecule has 0 spiro atoms. The number of hydrogen-bond acceptors (Lipinski definition) is 4. The average Bonchev–Trinajstić information content (AvgIpc) is 2.61. The Kier molecular flexibility index (Phi) is 5.85. The molecule has 0 aliphatic heterocycles. The largest absolute Gasteiger partial charge is 0.483 e. The summed E-state index contributed by atoms with van der Waals surface area (Å²) < 4.78 is 6.20. The van der Waals surface area contributed by atoms with Gasteiger partial charge in [0.15, 0.2) is 6.61 Å². The van der Waals surface area contributed by atoms with Gasteiger partial charge in [-0.25, -0.2) is 10.4 Å². The first kappa shape index (κ1) is 18.4. The van der Waals surface area contributed by atoms with Gasteiger partial charge in [-0.3, -0.25) is 4.79 Å². The van der Waals surface area contributed by atoms with Crippen LogP contribution in [0, 0.1) is 6.92 Å². The van der Waals surface area contributed by atoms with Gasteiger partial charge in [0.05, 0.1) is 16.2 Å². The number of ether oxygens (including phenoxy) is 1. The summed E-state index contributed by atoms with van der Waals surface area (Å²) in [4.78, 5) is 16.2. The van der Waals surface area contributed by atoms with E-state index in [1.165, 1.54) is 6.21 Å². The summed E-state index contributed by atoms with van der Waals surface area (Å²) in [6, 6.07) is 15.1. The third kappa shape index (κ3) is 4.59. The van der Waals surface area contributed by atoms with Gasteiger partial charge in [0, 0.05) is 10.9 Å². The molecular weight excluding hydrogens is 418 g/mol. The van der Waals surface area contributed by atoms with Gasteiger partial charge in [0.1, 0.15) is 10.9 Å². The monoisotopic (exact) mass is 431 g/mol. The second kappa shape index (κ2) is 8.29. The molecule has 1 aromatic heterocycles. The average molecular weight is 433 g/mol. The Morgan fingerprint density at radius 2 is 2.12 bits per heavy atom. The number of hydrogen-bond donors (Lipinski definition) is 1. The van der Waals surface area contributed by atoms with Gasteiger partial charge < -0.3 is 4.74 Å². The predicted octanol–water partition coefficient (Wildman–Crippen LogP) is 4.49. The number of carbonyl (C=O) groups excluding carboxylic acids is 1. The first-order valence-electron chi connectivity index (χ1n) is 7.79. The van der Waals surface area contributed by atoms with Crippen molar-refractivity contribution in [1.29, 1.82) is 0 Å². The first-order chi connectivity index (χ1) is 12.5. The van der Waals surface area contributed by atoms with Crippen LogP contribution in [0.15, 0.2) is 58.1 Å². The zero-order chi connectivity index (χ0) is 18.5. The molecule has 0 radical (unpaired) electrons. The lowest BCUT2D eigenvalue weighted by molar-refractivity contribution is -0.123. The Hall–Kier alpha value is -2.44. The van der Waals surface area contributed by atoms with Crippen LogP contribution in [0.5, 0.6) is 5.75 Å². The molecular formula is C19H15BrClN3O2. The zero-order valence-corrected chi connectivity index (χ0v) is 16.2. The molecule has 0 atom stereocenters. The second-order valence-electron chi connectivity index (χ2n) is 5.58. The second-order valence-corrected chi connectivity index (χ2v) is 6.79. The number of halogens is 2. The van der Waals surface area contributed by atoms with Crippen LogP contribution in [0.25, 0.3) is 10.9 Å². The van der Waals surface area contributed by atoms with Crippen molar-refractivity contribution in [2.45, 2.75) is 6.92 Å². The zero-order valence-electron chi connectivity index (χ0n) is 13.9. The standard InChI is InChI=1S/C19H15BrClN3O2/c1-12-6-7-13-9-14(19(21)23-16(13)8-12)10-22-24-18(25)11-26-17-5-3-2-4-15(17)20/h2-10H,11H2,1H3,(H,24,25)/b22-10-. The molecule has 26 heavy (non-hydrogen) atoms. The lowest BCUT2D eigenvalue weighted by atomic mass is 10.1. The molecule has 2 aromatic carbocycles. The van der Waals surface area contributed by atoms with E-state index in [4.69, 9.17) is 16.3 Å². The number of nitrogens with zero attached hydrogens (tertiary/aromatic N) is 2. The predicted molar refractivity (Wildman–Crippen MR) is 107 cm³/mol. The van der Waals surface area contributed by atoms with Crippen LogP contribution in [0.4, 0.5) is 0 Å². The highest BCUT2D eigenvalue weighted by atomic mass is 79.9. The molecule has 3 aromatic rings. The third-order valence-electron chi connectivity index (χ3n) is 3.54. The first-order valence-corrected chi connectivity index (χ1v) is 8.96. The number of benzene rings is 2. The molecule has 1 amide bonds. The summed E-state index contributed by atoms with van der Waals surface area (Å²) in [7, 11) is 0. The molecule has 5 nitrogen and oxygen atoms in total. The summed E-state index contributed by atoms with van der Waals surface area (Å²) in [5.74, 6) is 0.209. The van der Waals surface area contributed by atoms with Crippen molar-refractivity contribution in [1.82, 2.24) is 10.4 Å². The summed E-state index contributed by atoms with van der Waals surface area (Å²) >= 11 is 9.54. The minimum Gasteiger partial charge on any atom is -0.483 e. The fourth-order valence-electron chi connectivity index (χ4n) is 2.27. The number of para-hydroxylation sites is 1. The maximum Gasteiger partial charge on any atom is 0.277 e. The van der Waals surface area contributed by atoms with Gasteiger partial charge in [-0.2, -0.15) is 5.10 Å². The summed E-state index contributed by atoms with van der Waals surface area (Å²) in [6.45, 7) is 1.85. The van der Waals surface area contributed by atoms with Crippen LogP contribution in [0.3, 0.4) is 0 Å².